The number of nitrogens with one attached hydrogen (secondary N) is 1. The molecule has 3 nitrogen and oxygen atoms in total. The van der Waals surface area contributed by atoms with Crippen LogP contribution in [-0.2, 0) is 0 Å². The van der Waals surface area contributed by atoms with Crippen molar-refractivity contribution in [3.8, 4) is 0 Å². The van der Waals surface area contributed by atoms with Gasteiger partial charge in [-0.3, -0.25) is 0 Å². The molecule has 16 heavy (non-hydrogen) atoms. The van der Waals surface area contributed by atoms with Crippen LogP contribution in [-0.4, -0.2) is 36.1 Å². The molecule has 1 aliphatic rings. The Morgan fingerprint density at radius 1 is 1.50 bits per heavy atom. The standard InChI is InChI=1S/C12H21N3S/c1-11(12-9-16-10-14-12)13-5-4-8-15-6-2-3-7-15/h9-11,13H,2-8H2,1H3. The average Bonchev–Trinajstić information content (AvgIpc) is 2.96. The van der Waals surface area contributed by atoms with Crippen molar-refractivity contribution >= 4 is 11.3 Å². The van der Waals surface area contributed by atoms with Crippen molar-refractivity contribution < 1.29 is 0 Å². The summed E-state index contributed by atoms with van der Waals surface area (Å²) in [6, 6.07) is 0.393. The fraction of sp³-hybridized carbons (Fsp3) is 0.750. The van der Waals surface area contributed by atoms with E-state index in [-0.39, 0.29) is 0 Å². The molecule has 0 bridgehead atoms. The van der Waals surface area contributed by atoms with E-state index < -0.39 is 0 Å². The minimum absolute atomic E-state index is 0.393. The molecule has 2 heterocycles. The zero-order valence-corrected chi connectivity index (χ0v) is 10.8. The van der Waals surface area contributed by atoms with E-state index in [1.54, 1.807) is 11.3 Å². The maximum Gasteiger partial charge on any atom is 0.0795 e. The SMILES string of the molecule is CC(NCCCN1CCCC1)c1cscn1. The van der Waals surface area contributed by atoms with Gasteiger partial charge in [-0.2, -0.15) is 0 Å². The topological polar surface area (TPSA) is 28.2 Å². The van der Waals surface area contributed by atoms with E-state index in [4.69, 9.17) is 0 Å². The molecule has 1 N–H and O–H groups in total. The maximum absolute atomic E-state index is 4.32. The van der Waals surface area contributed by atoms with E-state index in [2.05, 4.69) is 27.5 Å². The van der Waals surface area contributed by atoms with Crippen LogP contribution in [0.3, 0.4) is 0 Å². The van der Waals surface area contributed by atoms with Crippen molar-refractivity contribution in [2.45, 2.75) is 32.2 Å². The van der Waals surface area contributed by atoms with Crippen LogP contribution >= 0.6 is 11.3 Å². The molecule has 1 saturated heterocycles. The predicted molar refractivity (Wildman–Crippen MR) is 68.8 cm³/mol. The Kier molecular flexibility index (Phi) is 4.75. The Morgan fingerprint density at radius 3 is 3.00 bits per heavy atom. The summed E-state index contributed by atoms with van der Waals surface area (Å²) in [7, 11) is 0. The van der Waals surface area contributed by atoms with Gasteiger partial charge in [0.1, 0.15) is 0 Å². The lowest BCUT2D eigenvalue weighted by molar-refractivity contribution is 0.328. The van der Waals surface area contributed by atoms with E-state index in [1.165, 1.54) is 44.6 Å². The smallest absolute Gasteiger partial charge is 0.0795 e. The highest BCUT2D eigenvalue weighted by atomic mass is 32.1. The van der Waals surface area contributed by atoms with Gasteiger partial charge in [0.25, 0.3) is 0 Å². The number of thiazole rings is 1. The van der Waals surface area contributed by atoms with E-state index >= 15 is 0 Å². The van der Waals surface area contributed by atoms with E-state index in [9.17, 15) is 0 Å². The quantitative estimate of drug-likeness (QED) is 0.772. The van der Waals surface area contributed by atoms with Gasteiger partial charge in [0, 0.05) is 11.4 Å². The van der Waals surface area contributed by atoms with Crippen molar-refractivity contribution in [3.63, 3.8) is 0 Å². The molecule has 0 radical (unpaired) electrons. The Hall–Kier alpha value is -0.450. The summed E-state index contributed by atoms with van der Waals surface area (Å²) in [4.78, 5) is 6.88. The molecular formula is C12H21N3S. The zero-order chi connectivity index (χ0) is 11.2. The Morgan fingerprint density at radius 2 is 2.31 bits per heavy atom. The van der Waals surface area contributed by atoms with Crippen LogP contribution in [0.2, 0.25) is 0 Å². The van der Waals surface area contributed by atoms with E-state index in [0.717, 1.165) is 6.54 Å². The second-order valence-corrected chi connectivity index (χ2v) is 5.21. The van der Waals surface area contributed by atoms with Crippen molar-refractivity contribution in [3.05, 3.63) is 16.6 Å². The minimum atomic E-state index is 0.393. The molecule has 1 fully saturated rings. The van der Waals surface area contributed by atoms with Gasteiger partial charge in [0.2, 0.25) is 0 Å². The highest BCUT2D eigenvalue weighted by Crippen LogP contribution is 2.12. The van der Waals surface area contributed by atoms with Crippen LogP contribution in [0.1, 0.15) is 37.9 Å². The number of likely N-dealkylation sites (tertiary alicyclic amines) is 1. The molecule has 1 atom stereocenters. The van der Waals surface area contributed by atoms with Gasteiger partial charge in [0.15, 0.2) is 0 Å². The summed E-state index contributed by atoms with van der Waals surface area (Å²) in [5, 5.41) is 5.65. The minimum Gasteiger partial charge on any atom is -0.309 e. The molecule has 0 spiro atoms. The third-order valence-corrected chi connectivity index (χ3v) is 3.80. The van der Waals surface area contributed by atoms with Crippen LogP contribution < -0.4 is 5.32 Å². The van der Waals surface area contributed by atoms with Crippen LogP contribution in [0.5, 0.6) is 0 Å². The first kappa shape index (κ1) is 12.0. The first-order valence-electron chi connectivity index (χ1n) is 6.20. The predicted octanol–water partition coefficient (Wildman–Crippen LogP) is 2.28. The molecule has 90 valence electrons. The van der Waals surface area contributed by atoms with Gasteiger partial charge in [-0.15, -0.1) is 11.3 Å². The maximum atomic E-state index is 4.32. The third-order valence-electron chi connectivity index (χ3n) is 3.20. The first-order valence-corrected chi connectivity index (χ1v) is 7.14. The molecule has 4 heteroatoms. The van der Waals surface area contributed by atoms with Crippen LogP contribution in [0.4, 0.5) is 0 Å². The molecule has 0 aliphatic carbocycles. The van der Waals surface area contributed by atoms with Gasteiger partial charge in [0.05, 0.1) is 11.2 Å². The van der Waals surface area contributed by atoms with E-state index in [0.29, 0.717) is 6.04 Å². The number of hydrogen-bond donors (Lipinski definition) is 1. The third kappa shape index (κ3) is 3.54. The number of hydrogen-bond acceptors (Lipinski definition) is 4. The first-order chi connectivity index (χ1) is 7.86. The lowest BCUT2D eigenvalue weighted by Gasteiger charge is -2.16. The average molecular weight is 239 g/mol. The summed E-state index contributed by atoms with van der Waals surface area (Å²) in [6.07, 6.45) is 4.03. The summed E-state index contributed by atoms with van der Waals surface area (Å²) in [5.74, 6) is 0. The van der Waals surface area contributed by atoms with Crippen molar-refractivity contribution in [2.75, 3.05) is 26.2 Å². The highest BCUT2D eigenvalue weighted by Gasteiger charge is 2.11. The highest BCUT2D eigenvalue weighted by molar-refractivity contribution is 7.07. The van der Waals surface area contributed by atoms with Crippen LogP contribution in [0.25, 0.3) is 0 Å². The van der Waals surface area contributed by atoms with Crippen molar-refractivity contribution in [1.29, 1.82) is 0 Å². The van der Waals surface area contributed by atoms with Crippen molar-refractivity contribution in [1.82, 2.24) is 15.2 Å². The largest absolute Gasteiger partial charge is 0.309 e. The molecule has 1 aromatic heterocycles. The Balaban J connectivity index is 1.57. The second kappa shape index (κ2) is 6.33. The van der Waals surface area contributed by atoms with Gasteiger partial charge < -0.3 is 10.2 Å². The molecule has 0 amide bonds. The summed E-state index contributed by atoms with van der Waals surface area (Å²) in [6.45, 7) is 7.14. The fourth-order valence-electron chi connectivity index (χ4n) is 2.17. The van der Waals surface area contributed by atoms with Crippen LogP contribution in [0.15, 0.2) is 10.9 Å². The number of aromatic nitrogens is 1. The molecule has 0 aromatic carbocycles. The lowest BCUT2D eigenvalue weighted by Crippen LogP contribution is -2.26. The van der Waals surface area contributed by atoms with Gasteiger partial charge in [-0.1, -0.05) is 0 Å². The molecule has 1 aromatic rings. The number of nitrogens with zero attached hydrogens (tertiary/aromatic N) is 2. The van der Waals surface area contributed by atoms with E-state index in [1.807, 2.05) is 5.51 Å². The molecule has 0 saturated carbocycles. The molecule has 1 aliphatic heterocycles. The van der Waals surface area contributed by atoms with Gasteiger partial charge >= 0.3 is 0 Å². The summed E-state index contributed by atoms with van der Waals surface area (Å²) >= 11 is 1.67. The van der Waals surface area contributed by atoms with Gasteiger partial charge in [-0.05, 0) is 52.4 Å². The monoisotopic (exact) mass is 239 g/mol. The normalized spacial score (nSPS) is 19.1. The summed E-state index contributed by atoms with van der Waals surface area (Å²) in [5.41, 5.74) is 3.07. The summed E-state index contributed by atoms with van der Waals surface area (Å²) < 4.78 is 0. The van der Waals surface area contributed by atoms with Crippen molar-refractivity contribution in [2.24, 2.45) is 0 Å². The van der Waals surface area contributed by atoms with Crippen LogP contribution in [0, 0.1) is 0 Å². The second-order valence-electron chi connectivity index (χ2n) is 4.49. The number of rotatable bonds is 6. The molecule has 2 rings (SSSR count). The Bertz CT molecular complexity index is 280. The fourth-order valence-corrected chi connectivity index (χ4v) is 2.82. The molecular weight excluding hydrogens is 218 g/mol. The van der Waals surface area contributed by atoms with Gasteiger partial charge in [-0.25, -0.2) is 4.98 Å². The molecule has 1 unspecified atom stereocenters. The Labute approximate surface area is 102 Å². The zero-order valence-electron chi connectivity index (χ0n) is 9.98. The lowest BCUT2D eigenvalue weighted by atomic mass is 10.2.